The molecule has 1 aromatic heterocycles. The Hall–Kier alpha value is -2.18. The van der Waals surface area contributed by atoms with Gasteiger partial charge in [0.15, 0.2) is 0 Å². The summed E-state index contributed by atoms with van der Waals surface area (Å²) in [4.78, 5) is 23.2. The fourth-order valence-corrected chi connectivity index (χ4v) is 2.13. The molecule has 2 N–H and O–H groups in total. The molecule has 22 heavy (non-hydrogen) atoms. The Labute approximate surface area is 135 Å². The summed E-state index contributed by atoms with van der Waals surface area (Å²) in [5.74, 6) is -1.04. The van der Waals surface area contributed by atoms with E-state index < -0.39 is 11.9 Å². The first-order chi connectivity index (χ1) is 10.4. The van der Waals surface area contributed by atoms with Crippen LogP contribution in [0.15, 0.2) is 28.7 Å². The Kier molecular flexibility index (Phi) is 4.95. The molecule has 116 valence electrons. The van der Waals surface area contributed by atoms with Gasteiger partial charge in [-0.1, -0.05) is 23.2 Å². The normalized spacial score (nSPS) is 10.3. The lowest BCUT2D eigenvalue weighted by Crippen LogP contribution is -2.08. The molecule has 1 aromatic carbocycles. The van der Waals surface area contributed by atoms with Gasteiger partial charge < -0.3 is 19.6 Å². The maximum Gasteiger partial charge on any atom is 0.373 e. The highest BCUT2D eigenvalue weighted by atomic mass is 35.5. The van der Waals surface area contributed by atoms with Crippen LogP contribution in [0.25, 0.3) is 0 Å². The highest BCUT2D eigenvalue weighted by Crippen LogP contribution is 2.28. The van der Waals surface area contributed by atoms with E-state index in [1.165, 1.54) is 31.4 Å². The van der Waals surface area contributed by atoms with Crippen molar-refractivity contribution in [1.29, 1.82) is 0 Å². The van der Waals surface area contributed by atoms with Crippen LogP contribution in [0.1, 0.15) is 26.7 Å². The summed E-state index contributed by atoms with van der Waals surface area (Å²) < 4.78 is 14.7. The Balaban J connectivity index is 2.07. The number of hydrogen-bond donors (Lipinski definition) is 1. The molecular weight excluding hydrogens is 333 g/mol. The molecule has 0 aliphatic carbocycles. The quantitative estimate of drug-likeness (QED) is 0.676. The molecule has 0 saturated carbocycles. The maximum atomic E-state index is 12.0. The first-order valence-corrected chi connectivity index (χ1v) is 6.76. The van der Waals surface area contributed by atoms with Crippen molar-refractivity contribution in [3.63, 3.8) is 0 Å². The van der Waals surface area contributed by atoms with E-state index in [2.05, 4.69) is 4.74 Å². The average Bonchev–Trinajstić information content (AvgIpc) is 2.96. The number of ether oxygens (including phenoxy) is 2. The lowest BCUT2D eigenvalue weighted by atomic mass is 10.2. The van der Waals surface area contributed by atoms with Gasteiger partial charge in [0.1, 0.15) is 12.4 Å². The zero-order valence-corrected chi connectivity index (χ0v) is 12.9. The van der Waals surface area contributed by atoms with E-state index in [0.717, 1.165) is 0 Å². The van der Waals surface area contributed by atoms with Gasteiger partial charge in [-0.05, 0) is 24.3 Å². The zero-order chi connectivity index (χ0) is 16.3. The Morgan fingerprint density at radius 1 is 1.23 bits per heavy atom. The zero-order valence-electron chi connectivity index (χ0n) is 11.4. The van der Waals surface area contributed by atoms with Gasteiger partial charge in [-0.25, -0.2) is 9.59 Å². The lowest BCUT2D eigenvalue weighted by molar-refractivity contribution is 0.0439. The number of anilines is 1. The molecule has 2 aromatic rings. The molecule has 0 fully saturated rings. The molecule has 0 amide bonds. The van der Waals surface area contributed by atoms with E-state index in [4.69, 9.17) is 38.1 Å². The van der Waals surface area contributed by atoms with Crippen LogP contribution in [-0.2, 0) is 16.1 Å². The fourth-order valence-electron chi connectivity index (χ4n) is 1.63. The Bertz CT molecular complexity index is 726. The number of halogens is 2. The summed E-state index contributed by atoms with van der Waals surface area (Å²) >= 11 is 11.7. The van der Waals surface area contributed by atoms with Crippen molar-refractivity contribution >= 4 is 40.8 Å². The molecule has 0 radical (unpaired) electrons. The molecule has 0 aliphatic heterocycles. The molecule has 6 nitrogen and oxygen atoms in total. The number of benzene rings is 1. The minimum Gasteiger partial charge on any atom is -0.463 e. The third kappa shape index (κ3) is 3.52. The minimum atomic E-state index is -0.710. The van der Waals surface area contributed by atoms with Crippen LogP contribution in [0.4, 0.5) is 5.69 Å². The number of carbonyl (C=O) groups is 2. The fraction of sp³-hybridized carbons (Fsp3) is 0.143. The van der Waals surface area contributed by atoms with Crippen LogP contribution < -0.4 is 5.73 Å². The molecule has 0 saturated heterocycles. The first kappa shape index (κ1) is 16.2. The summed E-state index contributed by atoms with van der Waals surface area (Å²) in [6, 6.07) is 5.69. The summed E-state index contributed by atoms with van der Waals surface area (Å²) in [6.07, 6.45) is 0. The minimum absolute atomic E-state index is 0.0128. The van der Waals surface area contributed by atoms with Crippen LogP contribution in [0.3, 0.4) is 0 Å². The molecule has 2 rings (SSSR count). The van der Waals surface area contributed by atoms with Crippen LogP contribution in [-0.4, -0.2) is 19.0 Å². The van der Waals surface area contributed by atoms with Crippen LogP contribution in [0, 0.1) is 0 Å². The number of nitrogen functional groups attached to an aromatic ring is 1. The second kappa shape index (κ2) is 6.72. The third-order valence-electron chi connectivity index (χ3n) is 2.71. The summed E-state index contributed by atoms with van der Waals surface area (Å²) in [5, 5.41) is 0.419. The molecule has 8 heteroatoms. The number of esters is 2. The van der Waals surface area contributed by atoms with Crippen LogP contribution in [0.2, 0.25) is 10.0 Å². The van der Waals surface area contributed by atoms with Crippen molar-refractivity contribution in [2.75, 3.05) is 12.8 Å². The van der Waals surface area contributed by atoms with Crippen LogP contribution in [0.5, 0.6) is 0 Å². The van der Waals surface area contributed by atoms with Crippen LogP contribution >= 0.6 is 23.2 Å². The van der Waals surface area contributed by atoms with Gasteiger partial charge in [0, 0.05) is 5.02 Å². The van der Waals surface area contributed by atoms with E-state index in [9.17, 15) is 9.59 Å². The summed E-state index contributed by atoms with van der Waals surface area (Å²) in [5.41, 5.74) is 5.83. The second-order valence-electron chi connectivity index (χ2n) is 4.18. The maximum absolute atomic E-state index is 12.0. The highest BCUT2D eigenvalue weighted by molar-refractivity contribution is 6.37. The topological polar surface area (TPSA) is 91.8 Å². The van der Waals surface area contributed by atoms with Gasteiger partial charge in [-0.15, -0.1) is 0 Å². The lowest BCUT2D eigenvalue weighted by Gasteiger charge is -2.08. The number of rotatable bonds is 4. The predicted octanol–water partition coefficient (Wildman–Crippen LogP) is 3.31. The molecule has 0 bridgehead atoms. The predicted molar refractivity (Wildman–Crippen MR) is 80.0 cm³/mol. The smallest absolute Gasteiger partial charge is 0.373 e. The first-order valence-electron chi connectivity index (χ1n) is 6.01. The summed E-state index contributed by atoms with van der Waals surface area (Å²) in [6.45, 7) is -0.181. The molecule has 0 unspecified atom stereocenters. The van der Waals surface area contributed by atoms with Crippen molar-refractivity contribution < 1.29 is 23.5 Å². The molecule has 0 spiro atoms. The summed E-state index contributed by atoms with van der Waals surface area (Å²) in [7, 11) is 1.23. The van der Waals surface area contributed by atoms with Gasteiger partial charge in [0.2, 0.25) is 5.76 Å². The van der Waals surface area contributed by atoms with Gasteiger partial charge >= 0.3 is 11.9 Å². The third-order valence-corrected chi connectivity index (χ3v) is 3.24. The van der Waals surface area contributed by atoms with Crippen molar-refractivity contribution in [3.8, 4) is 0 Å². The second-order valence-corrected chi connectivity index (χ2v) is 5.03. The van der Waals surface area contributed by atoms with E-state index in [1.807, 2.05) is 0 Å². The Morgan fingerprint density at radius 2 is 1.95 bits per heavy atom. The number of carbonyl (C=O) groups excluding carboxylic acids is 2. The molecule has 1 heterocycles. The number of methoxy groups -OCH3 is 1. The SMILES string of the molecule is COC(=O)c1ccc(COC(=O)c2cc(Cl)cc(Cl)c2N)o1. The van der Waals surface area contributed by atoms with Gasteiger partial charge in [-0.3, -0.25) is 0 Å². The molecular formula is C14H11Cl2NO5. The van der Waals surface area contributed by atoms with Crippen molar-refractivity contribution in [2.45, 2.75) is 6.61 Å². The molecule has 0 atom stereocenters. The van der Waals surface area contributed by atoms with Crippen molar-refractivity contribution in [3.05, 3.63) is 51.4 Å². The number of nitrogens with two attached hydrogens (primary N) is 1. The largest absolute Gasteiger partial charge is 0.463 e. The van der Waals surface area contributed by atoms with E-state index in [-0.39, 0.29) is 39.4 Å². The van der Waals surface area contributed by atoms with Crippen molar-refractivity contribution in [2.24, 2.45) is 0 Å². The number of furan rings is 1. The van der Waals surface area contributed by atoms with E-state index >= 15 is 0 Å². The monoisotopic (exact) mass is 343 g/mol. The van der Waals surface area contributed by atoms with Gasteiger partial charge in [0.25, 0.3) is 0 Å². The highest BCUT2D eigenvalue weighted by Gasteiger charge is 2.17. The average molecular weight is 344 g/mol. The standard InChI is InChI=1S/C14H11Cl2NO5/c1-20-14(19)11-3-2-8(22-11)6-21-13(18)9-4-7(15)5-10(16)12(9)17/h2-5H,6,17H2,1H3. The van der Waals surface area contributed by atoms with Gasteiger partial charge in [0.05, 0.1) is 23.4 Å². The van der Waals surface area contributed by atoms with Crippen molar-refractivity contribution in [1.82, 2.24) is 0 Å². The van der Waals surface area contributed by atoms with E-state index in [0.29, 0.717) is 0 Å². The van der Waals surface area contributed by atoms with Gasteiger partial charge in [-0.2, -0.15) is 0 Å². The van der Waals surface area contributed by atoms with E-state index in [1.54, 1.807) is 0 Å². The number of hydrogen-bond acceptors (Lipinski definition) is 6. The molecule has 0 aliphatic rings. The Morgan fingerprint density at radius 3 is 2.64 bits per heavy atom.